The maximum absolute atomic E-state index is 12.5. The van der Waals surface area contributed by atoms with E-state index in [9.17, 15) is 18.0 Å². The maximum Gasteiger partial charge on any atom is 0.490 e. The lowest BCUT2D eigenvalue weighted by molar-refractivity contribution is -0.192. The van der Waals surface area contributed by atoms with Crippen LogP contribution in [0.15, 0.2) is 41.5 Å². The van der Waals surface area contributed by atoms with Crippen LogP contribution in [-0.4, -0.2) is 69.4 Å². The standard InChI is InChI=1S/C17H19N3O4.C2HF3O2/c21-16(14-10-22-12-19-14)20-7-3-5-17(11-20)8-13(9-23-17)24-15-4-1-2-6-18-15;3-2(4,5)1(6)7/h1-2,4,6,10,12-13H,3,5,7-9,11H2;(H,6,7)/t13-,17+;/m1./s1. The van der Waals surface area contributed by atoms with E-state index in [1.165, 1.54) is 12.7 Å². The summed E-state index contributed by atoms with van der Waals surface area (Å²) in [5, 5.41) is 7.12. The molecule has 4 heterocycles. The van der Waals surface area contributed by atoms with Gasteiger partial charge in [0.2, 0.25) is 5.88 Å². The number of carboxylic acid groups (broad SMARTS) is 1. The van der Waals surface area contributed by atoms with Crippen LogP contribution in [-0.2, 0) is 9.53 Å². The number of alkyl halides is 3. The molecule has 1 amide bonds. The summed E-state index contributed by atoms with van der Waals surface area (Å²) in [5.74, 6) is -2.26. The molecule has 1 N–H and O–H groups in total. The predicted molar refractivity (Wildman–Crippen MR) is 97.3 cm³/mol. The largest absolute Gasteiger partial charge is 0.490 e. The molecule has 0 aliphatic carbocycles. The normalized spacial score (nSPS) is 23.2. The van der Waals surface area contributed by atoms with Crippen LogP contribution in [0.1, 0.15) is 29.8 Å². The number of pyridine rings is 1. The van der Waals surface area contributed by atoms with Crippen molar-refractivity contribution >= 4 is 11.9 Å². The monoisotopic (exact) mass is 443 g/mol. The molecule has 1 spiro atoms. The number of amides is 1. The van der Waals surface area contributed by atoms with E-state index in [1.54, 1.807) is 11.1 Å². The summed E-state index contributed by atoms with van der Waals surface area (Å²) >= 11 is 0. The van der Waals surface area contributed by atoms with Gasteiger partial charge >= 0.3 is 12.1 Å². The van der Waals surface area contributed by atoms with Gasteiger partial charge in [-0.2, -0.15) is 13.2 Å². The number of carbonyl (C=O) groups is 2. The summed E-state index contributed by atoms with van der Waals surface area (Å²) in [6.45, 7) is 1.78. The number of hydrogen-bond donors (Lipinski definition) is 1. The van der Waals surface area contributed by atoms with E-state index < -0.39 is 12.1 Å². The van der Waals surface area contributed by atoms with Gasteiger partial charge in [-0.3, -0.25) is 4.79 Å². The first-order valence-corrected chi connectivity index (χ1v) is 9.38. The van der Waals surface area contributed by atoms with Gasteiger partial charge in [0.15, 0.2) is 12.1 Å². The summed E-state index contributed by atoms with van der Waals surface area (Å²) in [5.41, 5.74) is 0.00298. The maximum atomic E-state index is 12.5. The quantitative estimate of drug-likeness (QED) is 0.770. The Bertz CT molecular complexity index is 878. The van der Waals surface area contributed by atoms with E-state index >= 15 is 0 Å². The third-order valence-corrected chi connectivity index (χ3v) is 4.82. The lowest BCUT2D eigenvalue weighted by Crippen LogP contribution is -2.50. The van der Waals surface area contributed by atoms with Crippen LogP contribution in [0.25, 0.3) is 0 Å². The second-order valence-electron chi connectivity index (χ2n) is 7.11. The molecule has 9 nitrogen and oxygen atoms in total. The zero-order chi connectivity index (χ0) is 22.5. The van der Waals surface area contributed by atoms with Gasteiger partial charge in [0.25, 0.3) is 5.91 Å². The highest BCUT2D eigenvalue weighted by Crippen LogP contribution is 2.36. The SMILES string of the molecule is O=C(O)C(F)(F)F.O=C(c1cocn1)N1CCC[C@]2(C[C@@H](Oc3ccccn3)CO2)C1. The van der Waals surface area contributed by atoms with Crippen molar-refractivity contribution in [2.45, 2.75) is 37.1 Å². The number of hydrogen-bond acceptors (Lipinski definition) is 7. The molecule has 168 valence electrons. The van der Waals surface area contributed by atoms with Crippen molar-refractivity contribution in [2.75, 3.05) is 19.7 Å². The Morgan fingerprint density at radius 2 is 2.06 bits per heavy atom. The molecular formula is C19H20F3N3O6. The Morgan fingerprint density at radius 3 is 2.68 bits per heavy atom. The molecule has 2 saturated heterocycles. The van der Waals surface area contributed by atoms with Crippen molar-refractivity contribution in [1.29, 1.82) is 0 Å². The molecule has 2 aliphatic rings. The minimum Gasteiger partial charge on any atom is -0.475 e. The van der Waals surface area contributed by atoms with Gasteiger partial charge in [-0.25, -0.2) is 14.8 Å². The smallest absolute Gasteiger partial charge is 0.475 e. The van der Waals surface area contributed by atoms with E-state index in [0.717, 1.165) is 19.3 Å². The van der Waals surface area contributed by atoms with Crippen LogP contribution in [0.5, 0.6) is 5.88 Å². The third-order valence-electron chi connectivity index (χ3n) is 4.82. The Labute approximate surface area is 174 Å². The first-order chi connectivity index (χ1) is 14.7. The van der Waals surface area contributed by atoms with Gasteiger partial charge in [-0.1, -0.05) is 6.07 Å². The first kappa shape index (κ1) is 22.5. The molecule has 0 aromatic carbocycles. The van der Waals surface area contributed by atoms with E-state index in [0.29, 0.717) is 31.3 Å². The average molecular weight is 443 g/mol. The zero-order valence-electron chi connectivity index (χ0n) is 16.2. The summed E-state index contributed by atoms with van der Waals surface area (Å²) in [6, 6.07) is 5.59. The fourth-order valence-electron chi connectivity index (χ4n) is 3.50. The number of nitrogens with zero attached hydrogens (tertiary/aromatic N) is 3. The van der Waals surface area contributed by atoms with Crippen molar-refractivity contribution in [2.24, 2.45) is 0 Å². The van der Waals surface area contributed by atoms with Gasteiger partial charge in [0.05, 0.1) is 18.8 Å². The number of oxazole rings is 1. The number of carbonyl (C=O) groups excluding carboxylic acids is 1. The second kappa shape index (κ2) is 9.33. The van der Waals surface area contributed by atoms with Crippen LogP contribution >= 0.6 is 0 Å². The molecule has 0 saturated carbocycles. The van der Waals surface area contributed by atoms with Crippen molar-refractivity contribution in [3.63, 3.8) is 0 Å². The van der Waals surface area contributed by atoms with Crippen LogP contribution < -0.4 is 4.74 Å². The van der Waals surface area contributed by atoms with Crippen molar-refractivity contribution < 1.29 is 41.8 Å². The van der Waals surface area contributed by atoms with Crippen LogP contribution in [0.2, 0.25) is 0 Å². The molecular weight excluding hydrogens is 423 g/mol. The Kier molecular flexibility index (Phi) is 6.78. The van der Waals surface area contributed by atoms with Gasteiger partial charge in [0, 0.05) is 25.2 Å². The summed E-state index contributed by atoms with van der Waals surface area (Å²) < 4.78 is 48.6. The fraction of sp³-hybridized carbons (Fsp3) is 0.474. The molecule has 2 aromatic heterocycles. The third kappa shape index (κ3) is 5.94. The molecule has 2 aliphatic heterocycles. The minimum atomic E-state index is -5.08. The van der Waals surface area contributed by atoms with Crippen molar-refractivity contribution in [3.05, 3.63) is 42.7 Å². The zero-order valence-corrected chi connectivity index (χ0v) is 16.2. The molecule has 4 rings (SSSR count). The average Bonchev–Trinajstić information content (AvgIpc) is 3.39. The highest BCUT2D eigenvalue weighted by molar-refractivity contribution is 5.92. The van der Waals surface area contributed by atoms with E-state index in [4.69, 9.17) is 23.8 Å². The van der Waals surface area contributed by atoms with Gasteiger partial charge in [-0.15, -0.1) is 0 Å². The topological polar surface area (TPSA) is 115 Å². The van der Waals surface area contributed by atoms with E-state index in [2.05, 4.69) is 9.97 Å². The van der Waals surface area contributed by atoms with Gasteiger partial charge in [-0.05, 0) is 18.9 Å². The highest BCUT2D eigenvalue weighted by atomic mass is 19.4. The van der Waals surface area contributed by atoms with Crippen molar-refractivity contribution in [3.8, 4) is 5.88 Å². The number of rotatable bonds is 3. The number of aromatic nitrogens is 2. The minimum absolute atomic E-state index is 0.0398. The summed E-state index contributed by atoms with van der Waals surface area (Å²) in [7, 11) is 0. The lowest BCUT2D eigenvalue weighted by atomic mass is 9.89. The molecule has 2 fully saturated rings. The molecule has 2 aromatic rings. The predicted octanol–water partition coefficient (Wildman–Crippen LogP) is 2.55. The Hall–Kier alpha value is -3.15. The van der Waals surface area contributed by atoms with Crippen LogP contribution in [0.4, 0.5) is 13.2 Å². The van der Waals surface area contributed by atoms with E-state index in [-0.39, 0.29) is 17.6 Å². The summed E-state index contributed by atoms with van der Waals surface area (Å²) in [4.78, 5) is 31.3. The number of halogens is 3. The second-order valence-corrected chi connectivity index (χ2v) is 7.11. The number of ether oxygens (including phenoxy) is 2. The molecule has 0 radical (unpaired) electrons. The molecule has 0 bridgehead atoms. The Balaban J connectivity index is 0.000000339. The number of aliphatic carboxylic acids is 1. The number of likely N-dealkylation sites (tertiary alicyclic amines) is 1. The fourth-order valence-corrected chi connectivity index (χ4v) is 3.50. The summed E-state index contributed by atoms with van der Waals surface area (Å²) in [6.07, 6.45) is 1.83. The molecule has 31 heavy (non-hydrogen) atoms. The highest BCUT2D eigenvalue weighted by Gasteiger charge is 2.45. The van der Waals surface area contributed by atoms with Gasteiger partial charge in [0.1, 0.15) is 12.4 Å². The molecule has 2 atom stereocenters. The van der Waals surface area contributed by atoms with E-state index in [1.807, 2.05) is 18.2 Å². The Morgan fingerprint density at radius 1 is 1.29 bits per heavy atom. The first-order valence-electron chi connectivity index (χ1n) is 9.38. The number of carboxylic acids is 1. The number of piperidine rings is 1. The van der Waals surface area contributed by atoms with Crippen molar-refractivity contribution in [1.82, 2.24) is 14.9 Å². The van der Waals surface area contributed by atoms with Gasteiger partial charge < -0.3 is 23.9 Å². The molecule has 0 unspecified atom stereocenters. The lowest BCUT2D eigenvalue weighted by Gasteiger charge is -2.39. The molecule has 12 heteroatoms. The van der Waals surface area contributed by atoms with Crippen LogP contribution in [0.3, 0.4) is 0 Å². The van der Waals surface area contributed by atoms with Crippen LogP contribution in [0, 0.1) is 0 Å².